The number of aromatic nitrogens is 2. The van der Waals surface area contributed by atoms with E-state index in [-0.39, 0.29) is 11.7 Å². The summed E-state index contributed by atoms with van der Waals surface area (Å²) >= 11 is 7.66. The molecular formula is C22H31ClN4O5S. The average Bonchev–Trinajstić information content (AvgIpc) is 3.15. The number of carbonyl (C=O) groups is 2. The lowest BCUT2D eigenvalue weighted by Gasteiger charge is -2.28. The molecule has 33 heavy (non-hydrogen) atoms. The molecule has 1 aliphatic rings. The Morgan fingerprint density at radius 3 is 2.58 bits per heavy atom. The number of carboxylic acid groups (broad SMARTS) is 1. The number of aliphatic carboxylic acids is 1. The number of ether oxygens (including phenoxy) is 2. The minimum atomic E-state index is -0.786. The van der Waals surface area contributed by atoms with E-state index in [0.29, 0.717) is 44.8 Å². The number of halogens is 1. The molecule has 2 aromatic rings. The van der Waals surface area contributed by atoms with Crippen molar-refractivity contribution in [2.75, 3.05) is 42.6 Å². The van der Waals surface area contributed by atoms with E-state index in [9.17, 15) is 9.59 Å². The van der Waals surface area contributed by atoms with Crippen LogP contribution in [0.3, 0.4) is 0 Å². The molecule has 3 heterocycles. The van der Waals surface area contributed by atoms with Crippen molar-refractivity contribution >= 4 is 56.0 Å². The quantitative estimate of drug-likeness (QED) is 0.382. The van der Waals surface area contributed by atoms with Crippen LogP contribution in [0.5, 0.6) is 0 Å². The first-order valence-electron chi connectivity index (χ1n) is 11.2. The van der Waals surface area contributed by atoms with Crippen LogP contribution in [0.25, 0.3) is 10.2 Å². The maximum atomic E-state index is 13.0. The Balaban J connectivity index is 1.83. The highest BCUT2D eigenvalue weighted by Crippen LogP contribution is 2.38. The van der Waals surface area contributed by atoms with Crippen molar-refractivity contribution in [3.8, 4) is 0 Å². The van der Waals surface area contributed by atoms with Gasteiger partial charge in [0.15, 0.2) is 5.82 Å². The van der Waals surface area contributed by atoms with Crippen molar-refractivity contribution in [2.45, 2.75) is 58.5 Å². The number of carboxylic acids is 1. The van der Waals surface area contributed by atoms with Crippen LogP contribution in [0, 0.1) is 0 Å². The summed E-state index contributed by atoms with van der Waals surface area (Å²) in [5.41, 5.74) is 0.0572. The van der Waals surface area contributed by atoms with Crippen molar-refractivity contribution in [3.63, 3.8) is 0 Å². The van der Waals surface area contributed by atoms with Crippen LogP contribution in [0.1, 0.15) is 52.9 Å². The first-order valence-corrected chi connectivity index (χ1v) is 12.4. The molecule has 0 unspecified atom stereocenters. The fourth-order valence-electron chi connectivity index (χ4n) is 3.51. The zero-order chi connectivity index (χ0) is 24.0. The Kier molecular flexibility index (Phi) is 8.72. The summed E-state index contributed by atoms with van der Waals surface area (Å²) in [5, 5.41) is 9.68. The first-order chi connectivity index (χ1) is 15.6. The molecule has 2 aromatic heterocycles. The number of fused-ring (bicyclic) bond motifs is 1. The Hall–Kier alpha value is -2.17. The Bertz CT molecular complexity index is 972. The Labute approximate surface area is 202 Å². The van der Waals surface area contributed by atoms with Crippen LogP contribution in [0.4, 0.5) is 15.6 Å². The molecule has 3 rings (SSSR count). The standard InChI is InChI=1S/C22H31ClN4O5S/c1-22(2,3)32-21(30)27(9-7-5-4-6-8-17(28)29)16-14-15-18(33-16)19(25-20(23)24-15)26-10-12-31-13-11-26/h14H,4-13H2,1-3H3,(H,28,29). The minimum absolute atomic E-state index is 0.163. The van der Waals surface area contributed by atoms with Gasteiger partial charge in [-0.2, -0.15) is 4.98 Å². The van der Waals surface area contributed by atoms with E-state index in [2.05, 4.69) is 14.9 Å². The molecule has 1 fully saturated rings. The molecule has 1 saturated heterocycles. The monoisotopic (exact) mass is 498 g/mol. The summed E-state index contributed by atoms with van der Waals surface area (Å²) in [6.07, 6.45) is 2.71. The smallest absolute Gasteiger partial charge is 0.415 e. The zero-order valence-electron chi connectivity index (χ0n) is 19.3. The summed E-state index contributed by atoms with van der Waals surface area (Å²) in [7, 11) is 0. The van der Waals surface area contributed by atoms with Gasteiger partial charge in [0.1, 0.15) is 10.6 Å². The molecule has 0 aliphatic carbocycles. The summed E-state index contributed by atoms with van der Waals surface area (Å²) in [6, 6.07) is 1.85. The summed E-state index contributed by atoms with van der Waals surface area (Å²) in [5.74, 6) is -0.0335. The van der Waals surface area contributed by atoms with Crippen LogP contribution in [0.15, 0.2) is 6.07 Å². The second kappa shape index (κ2) is 11.3. The van der Waals surface area contributed by atoms with E-state index < -0.39 is 17.7 Å². The Morgan fingerprint density at radius 2 is 1.91 bits per heavy atom. The van der Waals surface area contributed by atoms with E-state index in [1.807, 2.05) is 26.8 Å². The van der Waals surface area contributed by atoms with E-state index in [1.54, 1.807) is 4.90 Å². The molecule has 9 nitrogen and oxygen atoms in total. The third kappa shape index (κ3) is 7.41. The van der Waals surface area contributed by atoms with Gasteiger partial charge in [0.25, 0.3) is 0 Å². The molecule has 182 valence electrons. The summed E-state index contributed by atoms with van der Waals surface area (Å²) in [4.78, 5) is 36.3. The van der Waals surface area contributed by atoms with E-state index in [4.69, 9.17) is 26.2 Å². The fourth-order valence-corrected chi connectivity index (χ4v) is 4.81. The molecule has 11 heteroatoms. The van der Waals surface area contributed by atoms with Crippen LogP contribution in [0.2, 0.25) is 5.28 Å². The molecule has 0 radical (unpaired) electrons. The third-order valence-electron chi connectivity index (χ3n) is 5.03. The average molecular weight is 499 g/mol. The van der Waals surface area contributed by atoms with Gasteiger partial charge in [-0.1, -0.05) is 12.8 Å². The predicted molar refractivity (Wildman–Crippen MR) is 130 cm³/mol. The molecular weight excluding hydrogens is 468 g/mol. The van der Waals surface area contributed by atoms with Crippen LogP contribution >= 0.6 is 22.9 Å². The largest absolute Gasteiger partial charge is 0.481 e. The second-order valence-electron chi connectivity index (χ2n) is 8.90. The number of anilines is 2. The highest BCUT2D eigenvalue weighted by atomic mass is 35.5. The number of morpholine rings is 1. The van der Waals surface area contributed by atoms with Crippen LogP contribution < -0.4 is 9.80 Å². The lowest BCUT2D eigenvalue weighted by Crippen LogP contribution is -2.37. The predicted octanol–water partition coefficient (Wildman–Crippen LogP) is 4.96. The Morgan fingerprint density at radius 1 is 1.21 bits per heavy atom. The number of hydrogen-bond donors (Lipinski definition) is 1. The van der Waals surface area contributed by atoms with Crippen molar-refractivity contribution in [1.29, 1.82) is 0 Å². The molecule has 1 amide bonds. The van der Waals surface area contributed by atoms with Gasteiger partial charge >= 0.3 is 12.1 Å². The van der Waals surface area contributed by atoms with Gasteiger partial charge in [-0.05, 0) is 51.3 Å². The van der Waals surface area contributed by atoms with E-state index in [0.717, 1.165) is 34.8 Å². The van der Waals surface area contributed by atoms with Crippen LogP contribution in [-0.2, 0) is 14.3 Å². The number of carbonyl (C=O) groups excluding carboxylic acids is 1. The summed E-state index contributed by atoms with van der Waals surface area (Å²) < 4.78 is 12.0. The second-order valence-corrected chi connectivity index (χ2v) is 10.3. The molecule has 0 bridgehead atoms. The topological polar surface area (TPSA) is 105 Å². The SMILES string of the molecule is CC(C)(C)OC(=O)N(CCCCCCC(=O)O)c1cc2nc(Cl)nc(N3CCOCC3)c2s1. The van der Waals surface area contributed by atoms with Crippen molar-refractivity contribution in [1.82, 2.24) is 9.97 Å². The lowest BCUT2D eigenvalue weighted by molar-refractivity contribution is -0.137. The van der Waals surface area contributed by atoms with E-state index >= 15 is 0 Å². The first kappa shape index (κ1) is 25.5. The third-order valence-corrected chi connectivity index (χ3v) is 6.34. The van der Waals surface area contributed by atoms with Gasteiger partial charge in [-0.15, -0.1) is 11.3 Å². The zero-order valence-corrected chi connectivity index (χ0v) is 20.9. The van der Waals surface area contributed by atoms with Gasteiger partial charge in [0.05, 0.1) is 23.4 Å². The molecule has 1 N–H and O–H groups in total. The molecule has 1 aliphatic heterocycles. The number of unbranched alkanes of at least 4 members (excludes halogenated alkanes) is 3. The molecule has 0 aromatic carbocycles. The summed E-state index contributed by atoms with van der Waals surface area (Å²) in [6.45, 7) is 8.62. The van der Waals surface area contributed by atoms with Gasteiger partial charge in [0, 0.05) is 26.1 Å². The lowest BCUT2D eigenvalue weighted by atomic mass is 10.1. The molecule has 0 spiro atoms. The van der Waals surface area contributed by atoms with Crippen molar-refractivity contribution in [2.24, 2.45) is 0 Å². The normalized spacial score (nSPS) is 14.5. The van der Waals surface area contributed by atoms with Gasteiger partial charge in [-0.3, -0.25) is 9.69 Å². The van der Waals surface area contributed by atoms with E-state index in [1.165, 1.54) is 11.3 Å². The highest BCUT2D eigenvalue weighted by Gasteiger charge is 2.26. The van der Waals surface area contributed by atoms with Gasteiger partial charge in [0.2, 0.25) is 5.28 Å². The highest BCUT2D eigenvalue weighted by molar-refractivity contribution is 7.23. The van der Waals surface area contributed by atoms with Crippen molar-refractivity contribution < 1.29 is 24.2 Å². The van der Waals surface area contributed by atoms with Gasteiger partial charge < -0.3 is 19.5 Å². The minimum Gasteiger partial charge on any atom is -0.481 e. The molecule has 0 atom stereocenters. The van der Waals surface area contributed by atoms with Gasteiger partial charge in [-0.25, -0.2) is 9.78 Å². The van der Waals surface area contributed by atoms with Crippen LogP contribution in [-0.4, -0.2) is 65.6 Å². The molecule has 0 saturated carbocycles. The number of amides is 1. The number of nitrogens with zero attached hydrogens (tertiary/aromatic N) is 4. The number of rotatable bonds is 9. The maximum Gasteiger partial charge on any atom is 0.415 e. The van der Waals surface area contributed by atoms with Crippen molar-refractivity contribution in [3.05, 3.63) is 11.3 Å². The fraction of sp³-hybridized carbons (Fsp3) is 0.636. The maximum absolute atomic E-state index is 13.0. The number of hydrogen-bond acceptors (Lipinski definition) is 8. The number of thiophene rings is 1.